The third-order valence-corrected chi connectivity index (χ3v) is 15.2. The topological polar surface area (TPSA) is 219 Å². The summed E-state index contributed by atoms with van der Waals surface area (Å²) in [6.45, 7) is 12.8. The maximum Gasteiger partial charge on any atom is 0.329 e. The van der Waals surface area contributed by atoms with Gasteiger partial charge in [0.05, 0.1) is 24.4 Å². The van der Waals surface area contributed by atoms with Gasteiger partial charge in [-0.3, -0.25) is 19.2 Å². The predicted octanol–water partition coefficient (Wildman–Crippen LogP) is 6.05. The quantitative estimate of drug-likeness (QED) is 0.181. The number of rotatable bonds is 7. The molecule has 1 saturated carbocycles. The first-order chi connectivity index (χ1) is 32.8. The van der Waals surface area contributed by atoms with Gasteiger partial charge in [0.1, 0.15) is 36.5 Å². The van der Waals surface area contributed by atoms with Crippen molar-refractivity contribution in [2.75, 3.05) is 27.9 Å². The van der Waals surface area contributed by atoms with Gasteiger partial charge in [-0.25, -0.2) is 9.48 Å². The molecule has 2 N–H and O–H groups in total. The van der Waals surface area contributed by atoms with Crippen LogP contribution in [0.2, 0.25) is 0 Å². The Morgan fingerprint density at radius 1 is 0.884 bits per heavy atom. The number of hydrogen-bond donors (Lipinski definition) is 2. The molecule has 17 nitrogen and oxygen atoms in total. The van der Waals surface area contributed by atoms with Crippen LogP contribution in [0.1, 0.15) is 132 Å². The van der Waals surface area contributed by atoms with Gasteiger partial charge in [-0.2, -0.15) is 0 Å². The molecule has 1 aliphatic carbocycles. The third kappa shape index (κ3) is 14.2. The smallest absolute Gasteiger partial charge is 0.329 e. The average Bonchev–Trinajstić information content (AvgIpc) is 3.88. The largest absolute Gasteiger partial charge is 0.460 e. The van der Waals surface area contributed by atoms with Crippen LogP contribution in [0, 0.1) is 35.5 Å². The summed E-state index contributed by atoms with van der Waals surface area (Å²) >= 11 is 0. The first-order valence-electron chi connectivity index (χ1n) is 25.0. The van der Waals surface area contributed by atoms with Crippen LogP contribution in [0.5, 0.6) is 0 Å². The zero-order valence-electron chi connectivity index (χ0n) is 42.5. The van der Waals surface area contributed by atoms with Crippen LogP contribution in [-0.2, 0) is 47.7 Å². The summed E-state index contributed by atoms with van der Waals surface area (Å²) in [6, 6.07) is -1.19. The second kappa shape index (κ2) is 25.7. The first kappa shape index (κ1) is 55.7. The van der Waals surface area contributed by atoms with Gasteiger partial charge in [-0.15, -0.1) is 5.10 Å². The number of methoxy groups -OCH3 is 3. The number of aliphatic hydroxyl groups excluding tert-OH is 1. The Kier molecular flexibility index (Phi) is 20.8. The Bertz CT molecular complexity index is 2020. The molecule has 1 aromatic heterocycles. The fraction of sp³-hybridized carbons (Fsp3) is 0.731. The minimum absolute atomic E-state index is 0.0170. The van der Waals surface area contributed by atoms with Gasteiger partial charge in [0.2, 0.25) is 5.79 Å². The van der Waals surface area contributed by atoms with Crippen LogP contribution in [-0.4, -0.2) is 141 Å². The highest BCUT2D eigenvalue weighted by molar-refractivity contribution is 6.39. The Morgan fingerprint density at radius 2 is 1.64 bits per heavy atom. The first-order valence-corrected chi connectivity index (χ1v) is 25.0. The van der Waals surface area contributed by atoms with E-state index in [1.54, 1.807) is 52.1 Å². The molecule has 69 heavy (non-hydrogen) atoms. The molecule has 3 aliphatic heterocycles. The van der Waals surface area contributed by atoms with E-state index < -0.39 is 77.8 Å². The monoisotopic (exact) mass is 966 g/mol. The molecule has 5 rings (SSSR count). The molecule has 0 unspecified atom stereocenters. The lowest BCUT2D eigenvalue weighted by atomic mass is 9.77. The maximum absolute atomic E-state index is 14.5. The van der Waals surface area contributed by atoms with E-state index in [9.17, 15) is 34.2 Å². The number of ketones is 3. The van der Waals surface area contributed by atoms with Crippen LogP contribution in [0.15, 0.2) is 53.9 Å². The Balaban J connectivity index is 1.46. The van der Waals surface area contributed by atoms with Crippen molar-refractivity contribution in [2.24, 2.45) is 35.5 Å². The van der Waals surface area contributed by atoms with Crippen molar-refractivity contribution in [3.8, 4) is 0 Å². The van der Waals surface area contributed by atoms with E-state index in [1.807, 2.05) is 58.1 Å². The van der Waals surface area contributed by atoms with Gasteiger partial charge in [0, 0.05) is 58.5 Å². The Morgan fingerprint density at radius 3 is 2.32 bits per heavy atom. The number of fused-ring (bicyclic) bond motifs is 3. The molecule has 384 valence electrons. The second-order valence-electron chi connectivity index (χ2n) is 20.4. The highest BCUT2D eigenvalue weighted by atomic mass is 16.6. The molecule has 4 heterocycles. The molecule has 3 fully saturated rings. The highest BCUT2D eigenvalue weighted by Gasteiger charge is 2.53. The molecular formula is C52H79N5O12. The number of carbonyl (C=O) groups excluding carboxylic acids is 5. The lowest BCUT2D eigenvalue weighted by Crippen LogP contribution is -2.61. The third-order valence-electron chi connectivity index (χ3n) is 15.2. The summed E-state index contributed by atoms with van der Waals surface area (Å²) in [5, 5.41) is 35.2. The van der Waals surface area contributed by atoms with Crippen LogP contribution < -0.4 is 0 Å². The number of Topliss-reactive ketones (excluding diaryl/α,β-unsaturated/α-hetero) is 3. The summed E-state index contributed by atoms with van der Waals surface area (Å²) < 4.78 is 31.6. The Hall–Kier alpha value is -4.26. The minimum atomic E-state index is -2.43. The van der Waals surface area contributed by atoms with Crippen molar-refractivity contribution in [2.45, 2.75) is 180 Å². The van der Waals surface area contributed by atoms with E-state index in [2.05, 4.69) is 15.5 Å². The van der Waals surface area contributed by atoms with E-state index in [4.69, 9.17) is 23.7 Å². The molecule has 2 bridgehead atoms. The number of allylic oxidation sites excluding steroid dienone is 6. The number of nitrogens with zero attached hydrogens (tertiary/aromatic N) is 5. The van der Waals surface area contributed by atoms with Gasteiger partial charge in [0.25, 0.3) is 11.7 Å². The molecule has 0 radical (unpaired) electrons. The van der Waals surface area contributed by atoms with Crippen molar-refractivity contribution >= 4 is 29.2 Å². The summed E-state index contributed by atoms with van der Waals surface area (Å²) in [4.78, 5) is 72.3. The summed E-state index contributed by atoms with van der Waals surface area (Å²) in [5.41, 5.74) is 1.27. The van der Waals surface area contributed by atoms with Gasteiger partial charge in [-0.1, -0.05) is 71.1 Å². The fourth-order valence-corrected chi connectivity index (χ4v) is 10.7. The molecule has 1 amide bonds. The lowest BCUT2D eigenvalue weighted by molar-refractivity contribution is -0.265. The molecule has 2 saturated heterocycles. The van der Waals surface area contributed by atoms with Gasteiger partial charge in [-0.05, 0) is 117 Å². The molecule has 0 aromatic carbocycles. The number of hydrogen-bond acceptors (Lipinski definition) is 15. The average molecular weight is 966 g/mol. The standard InChI is InChI=1S/C52H79N5O12/c1-31-16-12-11-13-17-32(2)43(65-8)28-39-21-19-37(7)52(64,69-39)49(61)50(62)56-23-15-14-18-41(56)51(63)68-44(34(4)26-38-20-22-40(45(27-38)66-9)57-30-53-54-55-57)29-42(58)33(3)25-36(6)47(60)48(67-10)46(59)35(5)24-31/h11-13,16-17,25,30-31,33-35,37-41,43-45,47-48,60,64H,14-15,18-24,26-29H2,1-10H3/b13-11?,16-12+,32-17?,36-25-/t31-,33-,34-,35-,37-,38+,39+,40+,41+,43+,44+,45-,47-,48+,52-/m1/s1. The molecular weight excluding hydrogens is 887 g/mol. The number of aliphatic hydroxyl groups is 2. The molecule has 0 spiro atoms. The number of aromatic nitrogens is 4. The molecule has 4 aliphatic rings. The minimum Gasteiger partial charge on any atom is -0.460 e. The number of ether oxygens (including phenoxy) is 5. The van der Waals surface area contributed by atoms with Crippen LogP contribution in [0.25, 0.3) is 0 Å². The number of cyclic esters (lactones) is 1. The van der Waals surface area contributed by atoms with Gasteiger partial charge < -0.3 is 38.8 Å². The van der Waals surface area contributed by atoms with Gasteiger partial charge >= 0.3 is 5.97 Å². The summed E-state index contributed by atoms with van der Waals surface area (Å²) in [6.07, 6.45) is 13.9. The second-order valence-corrected chi connectivity index (χ2v) is 20.4. The molecule has 17 heteroatoms. The van der Waals surface area contributed by atoms with Crippen LogP contribution in [0.3, 0.4) is 0 Å². The number of amides is 1. The van der Waals surface area contributed by atoms with E-state index in [0.29, 0.717) is 56.9 Å². The van der Waals surface area contributed by atoms with E-state index >= 15 is 0 Å². The van der Waals surface area contributed by atoms with Crippen LogP contribution >= 0.6 is 0 Å². The highest BCUT2D eigenvalue weighted by Crippen LogP contribution is 2.39. The van der Waals surface area contributed by atoms with Crippen molar-refractivity contribution in [1.82, 2.24) is 25.1 Å². The summed E-state index contributed by atoms with van der Waals surface area (Å²) in [7, 11) is 4.62. The predicted molar refractivity (Wildman–Crippen MR) is 256 cm³/mol. The van der Waals surface area contributed by atoms with Crippen molar-refractivity contribution < 1.29 is 57.9 Å². The van der Waals surface area contributed by atoms with Crippen LogP contribution in [0.4, 0.5) is 0 Å². The number of tetrazole rings is 1. The zero-order chi connectivity index (χ0) is 50.6. The van der Waals surface area contributed by atoms with E-state index in [1.165, 1.54) is 12.0 Å². The fourth-order valence-electron chi connectivity index (χ4n) is 10.7. The number of carbonyl (C=O) groups is 5. The SMILES string of the molecule is CO[C@H]1C[C@@H]2CC[C@@H](C)[C@@](O)(O2)C(=O)C(=O)N2CCCC[C@H]2C(=O)O[C@H]([C@H](C)C[C@@H]2CC[C@H](n3cnnn3)[C@H](OC)C2)CC(=O)[C@H](C)/C=C(/C)[C@@H](O)[C@@H](OC)C(=O)[C@H](C)C[C@H](C)/C=C/C=CC=C1C. The maximum atomic E-state index is 14.5. The van der Waals surface area contributed by atoms with E-state index in [0.717, 1.165) is 18.4 Å². The number of piperidine rings is 1. The normalized spacial score (nSPS) is 37.5. The van der Waals surface area contributed by atoms with Gasteiger partial charge in [0.15, 0.2) is 5.78 Å². The zero-order valence-corrected chi connectivity index (χ0v) is 42.5. The van der Waals surface area contributed by atoms with E-state index in [-0.39, 0.29) is 60.9 Å². The van der Waals surface area contributed by atoms with Crippen molar-refractivity contribution in [1.29, 1.82) is 0 Å². The van der Waals surface area contributed by atoms with Crippen molar-refractivity contribution in [3.05, 3.63) is 53.9 Å². The lowest BCUT2D eigenvalue weighted by Gasteiger charge is -2.42. The Labute approximate surface area is 408 Å². The van der Waals surface area contributed by atoms with Crippen molar-refractivity contribution in [3.63, 3.8) is 0 Å². The summed E-state index contributed by atoms with van der Waals surface area (Å²) in [5.74, 6) is -7.92. The molecule has 15 atom stereocenters. The number of esters is 1. The molecule has 1 aromatic rings.